The number of methoxy groups -OCH3 is 1. The zero-order valence-electron chi connectivity index (χ0n) is 18.1. The molecule has 170 valence electrons. The van der Waals surface area contributed by atoms with Crippen molar-refractivity contribution in [1.82, 2.24) is 0 Å². The Labute approximate surface area is 190 Å². The number of hydrogen-bond donors (Lipinski definition) is 2. The third kappa shape index (κ3) is 4.27. The average Bonchev–Trinajstić information content (AvgIpc) is 3.13. The largest absolute Gasteiger partial charge is 0.495 e. The summed E-state index contributed by atoms with van der Waals surface area (Å²) in [7, 11) is -2.53. The smallest absolute Gasteiger partial charge is 0.291 e. The normalized spacial score (nSPS) is 11.4. The van der Waals surface area contributed by atoms with Crippen molar-refractivity contribution in [3.8, 4) is 5.75 Å². The molecule has 1 aromatic heterocycles. The van der Waals surface area contributed by atoms with Gasteiger partial charge in [-0.3, -0.25) is 9.52 Å². The summed E-state index contributed by atoms with van der Waals surface area (Å²) in [5.74, 6) is -0.857. The van der Waals surface area contributed by atoms with Crippen molar-refractivity contribution in [1.29, 1.82) is 0 Å². The van der Waals surface area contributed by atoms with Gasteiger partial charge in [0.1, 0.15) is 5.75 Å². The van der Waals surface area contributed by atoms with Crippen molar-refractivity contribution in [3.05, 3.63) is 83.4 Å². The molecule has 0 saturated heterocycles. The summed E-state index contributed by atoms with van der Waals surface area (Å²) in [6, 6.07) is 15.4. The van der Waals surface area contributed by atoms with Gasteiger partial charge in [-0.2, -0.15) is 0 Å². The molecule has 0 fully saturated rings. The molecule has 0 bridgehead atoms. The summed E-state index contributed by atoms with van der Waals surface area (Å²) in [5, 5.41) is 3.17. The molecule has 0 aliphatic rings. The molecule has 0 radical (unpaired) electrons. The molecule has 33 heavy (non-hydrogen) atoms. The number of fused-ring (bicyclic) bond motifs is 1. The second-order valence-electron chi connectivity index (χ2n) is 7.41. The van der Waals surface area contributed by atoms with Gasteiger partial charge in [-0.1, -0.05) is 30.3 Å². The number of sulfonamides is 1. The lowest BCUT2D eigenvalue weighted by Gasteiger charge is -2.14. The minimum Gasteiger partial charge on any atom is -0.495 e. The highest BCUT2D eigenvalue weighted by Crippen LogP contribution is 2.30. The number of anilines is 2. The Kier molecular flexibility index (Phi) is 5.82. The number of nitrogens with one attached hydrogen (secondary N) is 2. The number of carbonyl (C=O) groups is 1. The number of rotatable bonds is 6. The third-order valence-electron chi connectivity index (χ3n) is 5.24. The molecule has 0 atom stereocenters. The van der Waals surface area contributed by atoms with E-state index in [4.69, 9.17) is 9.15 Å². The standard InChI is InChI=1S/C24H21FN2O5S/c1-14-11-12-16(33(29,30)27-19-9-4-5-10-21(19)31-3)13-20(14)26-24(28)22-15(2)17-7-6-8-18(25)23(17)32-22/h4-13,27H,1-3H3,(H,26,28). The molecule has 0 aliphatic heterocycles. The van der Waals surface area contributed by atoms with Crippen LogP contribution in [0.25, 0.3) is 11.0 Å². The number of hydrogen-bond acceptors (Lipinski definition) is 5. The number of halogens is 1. The van der Waals surface area contributed by atoms with E-state index in [1.807, 2.05) is 0 Å². The Hall–Kier alpha value is -3.85. The fourth-order valence-corrected chi connectivity index (χ4v) is 4.54. The van der Waals surface area contributed by atoms with Crippen LogP contribution in [0.2, 0.25) is 0 Å². The van der Waals surface area contributed by atoms with Crippen molar-refractivity contribution < 1.29 is 26.8 Å². The van der Waals surface area contributed by atoms with E-state index in [1.54, 1.807) is 50.2 Å². The minimum atomic E-state index is -3.97. The lowest BCUT2D eigenvalue weighted by Crippen LogP contribution is -2.16. The van der Waals surface area contributed by atoms with Crippen molar-refractivity contribution in [3.63, 3.8) is 0 Å². The average molecular weight is 469 g/mol. The molecule has 0 spiro atoms. The van der Waals surface area contributed by atoms with E-state index < -0.39 is 21.7 Å². The summed E-state index contributed by atoms with van der Waals surface area (Å²) in [6.07, 6.45) is 0. The fourth-order valence-electron chi connectivity index (χ4n) is 3.44. The van der Waals surface area contributed by atoms with Crippen molar-refractivity contribution in [2.45, 2.75) is 18.7 Å². The van der Waals surface area contributed by atoms with Crippen LogP contribution in [0.3, 0.4) is 0 Å². The van der Waals surface area contributed by atoms with Crippen LogP contribution in [0.1, 0.15) is 21.7 Å². The molecule has 9 heteroatoms. The molecular formula is C24H21FN2O5S. The molecule has 0 unspecified atom stereocenters. The van der Waals surface area contributed by atoms with Crippen LogP contribution in [0.4, 0.5) is 15.8 Å². The Morgan fingerprint density at radius 2 is 1.76 bits per heavy atom. The van der Waals surface area contributed by atoms with Crippen LogP contribution in [-0.2, 0) is 10.0 Å². The van der Waals surface area contributed by atoms with E-state index in [0.29, 0.717) is 22.3 Å². The van der Waals surface area contributed by atoms with Gasteiger partial charge >= 0.3 is 0 Å². The summed E-state index contributed by atoms with van der Waals surface area (Å²) in [6.45, 7) is 3.38. The summed E-state index contributed by atoms with van der Waals surface area (Å²) in [5.41, 5.74) is 1.68. The van der Waals surface area contributed by atoms with Crippen LogP contribution >= 0.6 is 0 Å². The van der Waals surface area contributed by atoms with Crippen molar-refractivity contribution in [2.75, 3.05) is 17.1 Å². The zero-order chi connectivity index (χ0) is 23.8. The number of benzene rings is 3. The molecule has 0 saturated carbocycles. The highest BCUT2D eigenvalue weighted by atomic mass is 32.2. The quantitative estimate of drug-likeness (QED) is 0.403. The number of ether oxygens (including phenoxy) is 1. The van der Waals surface area contributed by atoms with E-state index >= 15 is 0 Å². The summed E-state index contributed by atoms with van der Waals surface area (Å²) in [4.78, 5) is 12.8. The first kappa shape index (κ1) is 22.3. The Morgan fingerprint density at radius 1 is 1.00 bits per heavy atom. The van der Waals surface area contributed by atoms with E-state index in [-0.39, 0.29) is 27.6 Å². The van der Waals surface area contributed by atoms with Crippen LogP contribution in [0.5, 0.6) is 5.75 Å². The van der Waals surface area contributed by atoms with Gasteiger partial charge in [0.2, 0.25) is 0 Å². The third-order valence-corrected chi connectivity index (χ3v) is 6.60. The van der Waals surface area contributed by atoms with Crippen LogP contribution < -0.4 is 14.8 Å². The van der Waals surface area contributed by atoms with E-state index in [9.17, 15) is 17.6 Å². The van der Waals surface area contributed by atoms with Gasteiger partial charge in [0.25, 0.3) is 15.9 Å². The minimum absolute atomic E-state index is 0.00536. The van der Waals surface area contributed by atoms with Gasteiger partial charge in [0, 0.05) is 16.6 Å². The summed E-state index contributed by atoms with van der Waals surface area (Å²) < 4.78 is 53.1. The molecule has 3 aromatic carbocycles. The first-order valence-electron chi connectivity index (χ1n) is 9.96. The predicted octanol–water partition coefficient (Wildman–Crippen LogP) is 5.25. The number of aryl methyl sites for hydroxylation is 2. The molecule has 4 aromatic rings. The molecule has 7 nitrogen and oxygen atoms in total. The maximum atomic E-state index is 14.0. The first-order valence-corrected chi connectivity index (χ1v) is 11.4. The molecule has 1 heterocycles. The van der Waals surface area contributed by atoms with Crippen LogP contribution in [0.15, 0.2) is 70.0 Å². The fraction of sp³-hybridized carbons (Fsp3) is 0.125. The molecular weight excluding hydrogens is 447 g/mol. The SMILES string of the molecule is COc1ccccc1NS(=O)(=O)c1ccc(C)c(NC(=O)c2oc3c(F)cccc3c2C)c1. The predicted molar refractivity (Wildman–Crippen MR) is 124 cm³/mol. The number of amides is 1. The second kappa shape index (κ2) is 8.59. The van der Waals surface area contributed by atoms with Gasteiger partial charge in [-0.25, -0.2) is 12.8 Å². The molecule has 1 amide bonds. The van der Waals surface area contributed by atoms with Crippen molar-refractivity contribution >= 4 is 38.3 Å². The molecule has 0 aliphatic carbocycles. The molecule has 4 rings (SSSR count). The van der Waals surface area contributed by atoms with Gasteiger partial charge in [0.05, 0.1) is 17.7 Å². The van der Waals surface area contributed by atoms with E-state index in [2.05, 4.69) is 10.0 Å². The van der Waals surface area contributed by atoms with Crippen LogP contribution in [0, 0.1) is 19.7 Å². The van der Waals surface area contributed by atoms with Crippen molar-refractivity contribution in [2.24, 2.45) is 0 Å². The van der Waals surface area contributed by atoms with Crippen LogP contribution in [-0.4, -0.2) is 21.4 Å². The zero-order valence-corrected chi connectivity index (χ0v) is 18.9. The Balaban J connectivity index is 1.65. The highest BCUT2D eigenvalue weighted by Gasteiger charge is 2.22. The lowest BCUT2D eigenvalue weighted by atomic mass is 10.1. The molecule has 2 N–H and O–H groups in total. The summed E-state index contributed by atoms with van der Waals surface area (Å²) >= 11 is 0. The lowest BCUT2D eigenvalue weighted by molar-refractivity contribution is 0.0997. The van der Waals surface area contributed by atoms with E-state index in [1.165, 1.54) is 31.4 Å². The Morgan fingerprint density at radius 3 is 2.48 bits per heavy atom. The highest BCUT2D eigenvalue weighted by molar-refractivity contribution is 7.92. The Bertz CT molecular complexity index is 1480. The maximum Gasteiger partial charge on any atom is 0.291 e. The van der Waals surface area contributed by atoms with Gasteiger partial charge in [0.15, 0.2) is 17.2 Å². The maximum absolute atomic E-state index is 14.0. The second-order valence-corrected chi connectivity index (χ2v) is 9.09. The van der Waals surface area contributed by atoms with E-state index in [0.717, 1.165) is 0 Å². The first-order chi connectivity index (χ1) is 15.7. The number of para-hydroxylation sites is 3. The van der Waals surface area contributed by atoms with Gasteiger partial charge in [-0.15, -0.1) is 0 Å². The number of carbonyl (C=O) groups excluding carboxylic acids is 1. The van der Waals surface area contributed by atoms with Gasteiger partial charge < -0.3 is 14.5 Å². The van der Waals surface area contributed by atoms with Gasteiger partial charge in [-0.05, 0) is 49.7 Å². The topological polar surface area (TPSA) is 97.6 Å². The monoisotopic (exact) mass is 468 g/mol. The number of furan rings is 1.